The molecule has 12 nitrogen and oxygen atoms in total. The number of amides is 1. The minimum absolute atomic E-state index is 0.0259. The third-order valence-corrected chi connectivity index (χ3v) is 7.48. The topological polar surface area (TPSA) is 152 Å². The Morgan fingerprint density at radius 3 is 2.57 bits per heavy atom. The van der Waals surface area contributed by atoms with E-state index in [0.717, 1.165) is 5.56 Å². The molecule has 1 aromatic heterocycles. The predicted octanol–water partition coefficient (Wildman–Crippen LogP) is 4.35. The standard InChI is InChI=1S/C30H36ClF3N8O4/c1-29(2)15-37-24(43)19-5-7-20(8-6-19)38-27-39-26(40-28(41-27)45-17-30(32,33)34)36-14-18-4-9-22(21(31)12-18)44-11-3-10-42(16-29)25-23(13-35)46-25/h4-9,12,23,25H,3,10-11,13-17,35H2,1-2H3,(H,37,43)(H2,36,38,39,40,41). The first-order chi connectivity index (χ1) is 21.9. The molecule has 16 heteroatoms. The van der Waals surface area contributed by atoms with Crippen LogP contribution in [0.4, 0.5) is 30.8 Å². The van der Waals surface area contributed by atoms with Gasteiger partial charge in [-0.05, 0) is 53.8 Å². The molecule has 1 saturated heterocycles. The molecule has 3 aromatic rings. The van der Waals surface area contributed by atoms with Gasteiger partial charge in [0.1, 0.15) is 18.1 Å². The number of hydrogen-bond acceptors (Lipinski definition) is 11. The van der Waals surface area contributed by atoms with Crippen molar-refractivity contribution < 1.29 is 32.2 Å². The molecule has 248 valence electrons. The molecule has 2 aromatic carbocycles. The van der Waals surface area contributed by atoms with E-state index >= 15 is 0 Å². The van der Waals surface area contributed by atoms with Gasteiger partial charge in [-0.1, -0.05) is 31.5 Å². The Hall–Kier alpha value is -3.92. The van der Waals surface area contributed by atoms with E-state index in [1.807, 2.05) is 6.07 Å². The summed E-state index contributed by atoms with van der Waals surface area (Å²) < 4.78 is 55.1. The van der Waals surface area contributed by atoms with E-state index in [0.29, 0.717) is 61.2 Å². The average molecular weight is 665 g/mol. The monoisotopic (exact) mass is 664 g/mol. The molecule has 46 heavy (non-hydrogen) atoms. The Labute approximate surface area is 269 Å². The van der Waals surface area contributed by atoms with Crippen molar-refractivity contribution in [1.29, 1.82) is 0 Å². The molecule has 6 bridgehead atoms. The van der Waals surface area contributed by atoms with Gasteiger partial charge in [-0.25, -0.2) is 0 Å². The van der Waals surface area contributed by atoms with Crippen LogP contribution in [0.2, 0.25) is 5.02 Å². The third kappa shape index (κ3) is 9.55. The minimum atomic E-state index is -4.59. The molecular formula is C30H36ClF3N8O4. The Morgan fingerprint density at radius 1 is 1.11 bits per heavy atom. The van der Waals surface area contributed by atoms with E-state index in [1.54, 1.807) is 36.4 Å². The molecule has 5 aliphatic heterocycles. The number of nitrogens with one attached hydrogen (secondary N) is 3. The fourth-order valence-corrected chi connectivity index (χ4v) is 5.15. The van der Waals surface area contributed by atoms with Gasteiger partial charge in [0, 0.05) is 44.0 Å². The van der Waals surface area contributed by atoms with Gasteiger partial charge in [0.2, 0.25) is 11.9 Å². The first kappa shape index (κ1) is 33.4. The van der Waals surface area contributed by atoms with Gasteiger partial charge in [-0.15, -0.1) is 0 Å². The molecule has 6 heterocycles. The number of alkyl halides is 3. The zero-order valence-electron chi connectivity index (χ0n) is 25.4. The predicted molar refractivity (Wildman–Crippen MR) is 165 cm³/mol. The van der Waals surface area contributed by atoms with Crippen molar-refractivity contribution in [2.75, 3.05) is 50.0 Å². The second-order valence-electron chi connectivity index (χ2n) is 11.8. The number of carbonyl (C=O) groups excluding carboxylic acids is 1. The van der Waals surface area contributed by atoms with Crippen molar-refractivity contribution in [3.63, 3.8) is 0 Å². The van der Waals surface area contributed by atoms with Gasteiger partial charge in [-0.2, -0.15) is 28.1 Å². The molecular weight excluding hydrogens is 629 g/mol. The van der Waals surface area contributed by atoms with Crippen molar-refractivity contribution in [3.05, 3.63) is 58.6 Å². The Balaban J connectivity index is 1.38. The van der Waals surface area contributed by atoms with Crippen molar-refractivity contribution in [1.82, 2.24) is 25.2 Å². The average Bonchev–Trinajstić information content (AvgIpc) is 3.80. The van der Waals surface area contributed by atoms with Crippen LogP contribution in [0.5, 0.6) is 11.8 Å². The van der Waals surface area contributed by atoms with Crippen LogP contribution < -0.4 is 31.2 Å². The fourth-order valence-electron chi connectivity index (χ4n) is 4.89. The lowest BCUT2D eigenvalue weighted by Crippen LogP contribution is -2.44. The molecule has 8 rings (SSSR count). The van der Waals surface area contributed by atoms with E-state index < -0.39 is 18.8 Å². The quantitative estimate of drug-likeness (QED) is 0.295. The molecule has 0 radical (unpaired) electrons. The molecule has 1 fully saturated rings. The van der Waals surface area contributed by atoms with Crippen LogP contribution in [-0.4, -0.2) is 83.7 Å². The number of nitrogens with zero attached hydrogens (tertiary/aromatic N) is 4. The maximum Gasteiger partial charge on any atom is 0.422 e. The lowest BCUT2D eigenvalue weighted by atomic mass is 9.92. The molecule has 0 saturated carbocycles. The number of ether oxygens (including phenoxy) is 3. The number of carbonyl (C=O) groups is 1. The number of epoxide rings is 1. The van der Waals surface area contributed by atoms with Crippen LogP contribution in [0.15, 0.2) is 42.5 Å². The summed E-state index contributed by atoms with van der Waals surface area (Å²) in [7, 11) is 0. The Kier molecular flexibility index (Phi) is 10.4. The smallest absolute Gasteiger partial charge is 0.422 e. The van der Waals surface area contributed by atoms with Crippen molar-refractivity contribution in [2.24, 2.45) is 11.1 Å². The summed E-state index contributed by atoms with van der Waals surface area (Å²) in [6.45, 7) is 5.34. The number of hydrogen-bond donors (Lipinski definition) is 4. The van der Waals surface area contributed by atoms with Gasteiger partial charge in [0.25, 0.3) is 5.91 Å². The van der Waals surface area contributed by atoms with Crippen molar-refractivity contribution in [3.8, 4) is 11.8 Å². The number of halogens is 4. The summed E-state index contributed by atoms with van der Waals surface area (Å²) in [5.41, 5.74) is 7.21. The fraction of sp³-hybridized carbons (Fsp3) is 0.467. The van der Waals surface area contributed by atoms with E-state index in [1.165, 1.54) is 0 Å². The lowest BCUT2D eigenvalue weighted by Gasteiger charge is -2.32. The zero-order valence-corrected chi connectivity index (χ0v) is 26.1. The molecule has 2 atom stereocenters. The first-order valence-corrected chi connectivity index (χ1v) is 15.1. The summed E-state index contributed by atoms with van der Waals surface area (Å²) in [5.74, 6) is 0.164. The van der Waals surface area contributed by atoms with Gasteiger partial charge in [0.05, 0.1) is 11.6 Å². The zero-order chi connectivity index (χ0) is 32.9. The molecule has 2 unspecified atom stereocenters. The van der Waals surface area contributed by atoms with Crippen LogP contribution in [-0.2, 0) is 11.3 Å². The Bertz CT molecular complexity index is 1510. The number of aromatic nitrogens is 3. The second-order valence-corrected chi connectivity index (χ2v) is 12.2. The van der Waals surface area contributed by atoms with E-state index in [9.17, 15) is 18.0 Å². The maximum absolute atomic E-state index is 13.0. The van der Waals surface area contributed by atoms with Crippen LogP contribution >= 0.6 is 11.6 Å². The van der Waals surface area contributed by atoms with Gasteiger partial charge < -0.3 is 35.9 Å². The molecule has 5 aliphatic rings. The molecule has 5 N–H and O–H groups in total. The van der Waals surface area contributed by atoms with Crippen LogP contribution in [0.3, 0.4) is 0 Å². The van der Waals surface area contributed by atoms with Crippen molar-refractivity contribution in [2.45, 2.75) is 45.3 Å². The van der Waals surface area contributed by atoms with Gasteiger partial charge >= 0.3 is 12.2 Å². The Morgan fingerprint density at radius 2 is 1.87 bits per heavy atom. The largest absolute Gasteiger partial charge is 0.492 e. The number of nitrogens with two attached hydrogens (primary N) is 1. The van der Waals surface area contributed by atoms with Crippen LogP contribution in [0.1, 0.15) is 36.2 Å². The highest BCUT2D eigenvalue weighted by atomic mass is 35.5. The molecule has 1 amide bonds. The first-order valence-electron chi connectivity index (χ1n) is 14.7. The highest BCUT2D eigenvalue weighted by molar-refractivity contribution is 6.32. The number of benzene rings is 2. The highest BCUT2D eigenvalue weighted by Gasteiger charge is 2.43. The third-order valence-electron chi connectivity index (χ3n) is 7.18. The SMILES string of the molecule is CC1(C)CNC(=O)c2ccc(cc2)Nc2nc(nc(OCC(F)(F)F)n2)NCc2ccc(c(Cl)c2)OCCCN(C2OC2CN)C1. The lowest BCUT2D eigenvalue weighted by molar-refractivity contribution is -0.154. The summed E-state index contributed by atoms with van der Waals surface area (Å²) in [5, 5.41) is 9.30. The highest BCUT2D eigenvalue weighted by Crippen LogP contribution is 2.30. The van der Waals surface area contributed by atoms with Crippen LogP contribution in [0.25, 0.3) is 0 Å². The maximum atomic E-state index is 13.0. The number of anilines is 3. The summed E-state index contributed by atoms with van der Waals surface area (Å²) in [6, 6.07) is 11.3. The van der Waals surface area contributed by atoms with E-state index in [2.05, 4.69) is 49.6 Å². The molecule has 0 spiro atoms. The summed E-state index contributed by atoms with van der Waals surface area (Å²) >= 11 is 6.50. The minimum Gasteiger partial charge on any atom is -0.492 e. The molecule has 0 aliphatic carbocycles. The second kappa shape index (κ2) is 14.2. The van der Waals surface area contributed by atoms with Crippen LogP contribution in [0, 0.1) is 5.41 Å². The van der Waals surface area contributed by atoms with Crippen molar-refractivity contribution >= 4 is 35.1 Å². The summed E-state index contributed by atoms with van der Waals surface area (Å²) in [4.78, 5) is 27.4. The normalized spacial score (nSPS) is 20.9. The van der Waals surface area contributed by atoms with Gasteiger partial charge in [-0.3, -0.25) is 9.69 Å². The summed E-state index contributed by atoms with van der Waals surface area (Å²) in [6.07, 6.45) is -4.00. The van der Waals surface area contributed by atoms with E-state index in [4.69, 9.17) is 31.5 Å². The number of rotatable bonds is 4. The van der Waals surface area contributed by atoms with E-state index in [-0.39, 0.29) is 42.1 Å². The van der Waals surface area contributed by atoms with Gasteiger partial charge in [0.15, 0.2) is 6.61 Å².